The number of hydrogen-bond donors (Lipinski definition) is 2. The third-order valence-corrected chi connectivity index (χ3v) is 3.90. The summed E-state index contributed by atoms with van der Waals surface area (Å²) in [6, 6.07) is 14.2. The highest BCUT2D eigenvalue weighted by Crippen LogP contribution is 2.31. The molecule has 0 aliphatic carbocycles. The van der Waals surface area contributed by atoms with Crippen molar-refractivity contribution in [1.82, 2.24) is 9.97 Å². The zero-order chi connectivity index (χ0) is 19.9. The van der Waals surface area contributed by atoms with Gasteiger partial charge in [0, 0.05) is 23.5 Å². The summed E-state index contributed by atoms with van der Waals surface area (Å²) >= 11 is 0. The van der Waals surface area contributed by atoms with Gasteiger partial charge in [-0.2, -0.15) is 0 Å². The number of esters is 1. The van der Waals surface area contributed by atoms with E-state index >= 15 is 0 Å². The monoisotopic (exact) mass is 380 g/mol. The molecule has 0 amide bonds. The molecule has 2 N–H and O–H groups in total. The summed E-state index contributed by atoms with van der Waals surface area (Å²) in [4.78, 5) is 19.9. The van der Waals surface area contributed by atoms with Crippen LogP contribution in [0.3, 0.4) is 0 Å². The number of carbonyl (C=O) groups excluding carboxylic acids is 1. The van der Waals surface area contributed by atoms with E-state index in [0.29, 0.717) is 28.7 Å². The van der Waals surface area contributed by atoms with Gasteiger partial charge in [-0.1, -0.05) is 0 Å². The van der Waals surface area contributed by atoms with E-state index in [1.807, 2.05) is 18.2 Å². The molecule has 0 radical (unpaired) electrons. The minimum atomic E-state index is -0.380. The molecular weight excluding hydrogens is 360 g/mol. The smallest absolute Gasteiger partial charge is 0.337 e. The molecule has 0 bridgehead atoms. The van der Waals surface area contributed by atoms with Gasteiger partial charge in [-0.25, -0.2) is 14.8 Å². The van der Waals surface area contributed by atoms with Crippen LogP contribution in [-0.2, 0) is 4.74 Å². The fourth-order valence-electron chi connectivity index (χ4n) is 2.51. The van der Waals surface area contributed by atoms with Gasteiger partial charge in [-0.05, 0) is 36.4 Å². The van der Waals surface area contributed by atoms with Crippen molar-refractivity contribution in [3.8, 4) is 11.5 Å². The van der Waals surface area contributed by atoms with Crippen LogP contribution < -0.4 is 20.1 Å². The number of anilines is 4. The summed E-state index contributed by atoms with van der Waals surface area (Å²) in [5.74, 6) is 2.09. The summed E-state index contributed by atoms with van der Waals surface area (Å²) < 4.78 is 15.2. The molecule has 144 valence electrons. The molecule has 0 fully saturated rings. The first-order valence-electron chi connectivity index (χ1n) is 8.39. The van der Waals surface area contributed by atoms with E-state index in [-0.39, 0.29) is 5.97 Å². The van der Waals surface area contributed by atoms with Crippen molar-refractivity contribution in [1.29, 1.82) is 0 Å². The van der Waals surface area contributed by atoms with E-state index in [1.165, 1.54) is 13.4 Å². The lowest BCUT2D eigenvalue weighted by atomic mass is 10.2. The molecule has 0 saturated carbocycles. The van der Waals surface area contributed by atoms with Gasteiger partial charge < -0.3 is 24.8 Å². The highest BCUT2D eigenvalue weighted by Gasteiger charge is 2.07. The Morgan fingerprint density at radius 2 is 1.39 bits per heavy atom. The molecule has 28 heavy (non-hydrogen) atoms. The lowest BCUT2D eigenvalue weighted by Gasteiger charge is -2.12. The Labute approximate surface area is 162 Å². The van der Waals surface area contributed by atoms with Gasteiger partial charge in [0.15, 0.2) is 11.5 Å². The van der Waals surface area contributed by atoms with E-state index in [1.54, 1.807) is 44.6 Å². The van der Waals surface area contributed by atoms with Crippen LogP contribution in [0.25, 0.3) is 0 Å². The topological polar surface area (TPSA) is 94.6 Å². The molecular formula is C20H20N4O4. The van der Waals surface area contributed by atoms with Crippen molar-refractivity contribution >= 4 is 29.0 Å². The summed E-state index contributed by atoms with van der Waals surface area (Å²) in [7, 11) is 4.52. The van der Waals surface area contributed by atoms with Gasteiger partial charge >= 0.3 is 5.97 Å². The van der Waals surface area contributed by atoms with Crippen molar-refractivity contribution in [3.63, 3.8) is 0 Å². The Kier molecular flexibility index (Phi) is 5.91. The molecule has 8 heteroatoms. The Bertz CT molecular complexity index is 961. The average molecular weight is 380 g/mol. The van der Waals surface area contributed by atoms with Crippen molar-refractivity contribution < 1.29 is 19.0 Å². The normalized spacial score (nSPS) is 10.1. The second-order valence-corrected chi connectivity index (χ2v) is 5.68. The molecule has 1 aromatic heterocycles. The predicted octanol–water partition coefficient (Wildman–Crippen LogP) is 3.77. The molecule has 0 atom stereocenters. The molecule has 3 aromatic rings. The number of carbonyl (C=O) groups is 1. The van der Waals surface area contributed by atoms with E-state index in [4.69, 9.17) is 14.2 Å². The van der Waals surface area contributed by atoms with Crippen LogP contribution in [0.1, 0.15) is 10.4 Å². The first-order valence-corrected chi connectivity index (χ1v) is 8.39. The molecule has 0 aliphatic rings. The number of rotatable bonds is 7. The van der Waals surface area contributed by atoms with Gasteiger partial charge in [0.1, 0.15) is 18.0 Å². The van der Waals surface area contributed by atoms with Gasteiger partial charge in [0.05, 0.1) is 26.9 Å². The summed E-state index contributed by atoms with van der Waals surface area (Å²) in [5, 5.41) is 6.37. The highest BCUT2D eigenvalue weighted by atomic mass is 16.5. The third kappa shape index (κ3) is 4.47. The quantitative estimate of drug-likeness (QED) is 0.598. The molecule has 0 aliphatic heterocycles. The van der Waals surface area contributed by atoms with Crippen LogP contribution in [-0.4, -0.2) is 37.3 Å². The van der Waals surface area contributed by atoms with Crippen molar-refractivity contribution in [2.45, 2.75) is 0 Å². The minimum Gasteiger partial charge on any atom is -0.493 e. The molecule has 0 spiro atoms. The number of aromatic nitrogens is 2. The number of nitrogens with one attached hydrogen (secondary N) is 2. The van der Waals surface area contributed by atoms with E-state index < -0.39 is 0 Å². The van der Waals surface area contributed by atoms with Crippen molar-refractivity contribution in [2.75, 3.05) is 32.0 Å². The fourth-order valence-corrected chi connectivity index (χ4v) is 2.51. The molecule has 0 saturated heterocycles. The lowest BCUT2D eigenvalue weighted by molar-refractivity contribution is 0.0601. The van der Waals surface area contributed by atoms with Crippen LogP contribution in [0.15, 0.2) is 54.9 Å². The average Bonchev–Trinajstić information content (AvgIpc) is 2.74. The second kappa shape index (κ2) is 8.72. The Morgan fingerprint density at radius 1 is 0.786 bits per heavy atom. The molecule has 2 aromatic carbocycles. The number of methoxy groups -OCH3 is 3. The lowest BCUT2D eigenvalue weighted by Crippen LogP contribution is -2.02. The number of nitrogens with zero attached hydrogens (tertiary/aromatic N) is 2. The number of hydrogen-bond acceptors (Lipinski definition) is 8. The maximum absolute atomic E-state index is 11.5. The highest BCUT2D eigenvalue weighted by molar-refractivity contribution is 5.89. The molecule has 8 nitrogen and oxygen atoms in total. The van der Waals surface area contributed by atoms with Crippen LogP contribution in [0.4, 0.5) is 23.0 Å². The first kappa shape index (κ1) is 19.0. The van der Waals surface area contributed by atoms with Crippen LogP contribution in [0.2, 0.25) is 0 Å². The largest absolute Gasteiger partial charge is 0.493 e. The maximum Gasteiger partial charge on any atom is 0.337 e. The summed E-state index contributed by atoms with van der Waals surface area (Å²) in [6.07, 6.45) is 1.45. The van der Waals surface area contributed by atoms with Gasteiger partial charge in [0.25, 0.3) is 0 Å². The van der Waals surface area contributed by atoms with E-state index in [9.17, 15) is 4.79 Å². The Morgan fingerprint density at radius 3 is 2.00 bits per heavy atom. The predicted molar refractivity (Wildman–Crippen MR) is 106 cm³/mol. The maximum atomic E-state index is 11.5. The molecule has 0 unspecified atom stereocenters. The zero-order valence-electron chi connectivity index (χ0n) is 15.7. The second-order valence-electron chi connectivity index (χ2n) is 5.68. The van der Waals surface area contributed by atoms with Crippen LogP contribution in [0.5, 0.6) is 11.5 Å². The van der Waals surface area contributed by atoms with Crippen molar-refractivity contribution in [3.05, 3.63) is 60.4 Å². The minimum absolute atomic E-state index is 0.380. The van der Waals surface area contributed by atoms with E-state index in [2.05, 4.69) is 20.6 Å². The van der Waals surface area contributed by atoms with E-state index in [0.717, 1.165) is 11.4 Å². The molecule has 1 heterocycles. The number of ether oxygens (including phenoxy) is 3. The SMILES string of the molecule is COC(=O)c1ccc(Nc2cc(Nc3ccc(OC)c(OC)c3)ncn2)cc1. The van der Waals surface area contributed by atoms with Crippen LogP contribution >= 0.6 is 0 Å². The summed E-state index contributed by atoms with van der Waals surface area (Å²) in [6.45, 7) is 0. The Hall–Kier alpha value is -3.81. The van der Waals surface area contributed by atoms with Crippen LogP contribution in [0, 0.1) is 0 Å². The Balaban J connectivity index is 1.73. The molecule has 3 rings (SSSR count). The van der Waals surface area contributed by atoms with Crippen molar-refractivity contribution in [2.24, 2.45) is 0 Å². The zero-order valence-corrected chi connectivity index (χ0v) is 15.7. The summed E-state index contributed by atoms with van der Waals surface area (Å²) in [5.41, 5.74) is 2.06. The van der Waals surface area contributed by atoms with Gasteiger partial charge in [-0.15, -0.1) is 0 Å². The number of benzene rings is 2. The third-order valence-electron chi connectivity index (χ3n) is 3.90. The first-order chi connectivity index (χ1) is 13.6. The van der Waals surface area contributed by atoms with Gasteiger partial charge in [0.2, 0.25) is 0 Å². The fraction of sp³-hybridized carbons (Fsp3) is 0.150. The van der Waals surface area contributed by atoms with Gasteiger partial charge in [-0.3, -0.25) is 0 Å². The standard InChI is InChI=1S/C20H20N4O4/c1-26-16-9-8-15(10-17(16)27-2)24-19-11-18(21-12-22-19)23-14-6-4-13(5-7-14)20(25)28-3/h4-12H,1-3H3,(H2,21,22,23,24).